The third-order valence-corrected chi connectivity index (χ3v) is 7.57. The zero-order valence-corrected chi connectivity index (χ0v) is 15.3. The maximum absolute atomic E-state index is 13.1. The summed E-state index contributed by atoms with van der Waals surface area (Å²) in [6, 6.07) is 0. The monoisotopic (exact) mass is 364 g/mol. The number of ether oxygens (including phenoxy) is 4. The second-order valence-corrected chi connectivity index (χ2v) is 9.20. The average molecular weight is 364 g/mol. The van der Waals surface area contributed by atoms with Crippen molar-refractivity contribution in [2.75, 3.05) is 0 Å². The molecule has 8 atom stereocenters. The lowest BCUT2D eigenvalue weighted by molar-refractivity contribution is -0.186. The fourth-order valence-corrected chi connectivity index (χ4v) is 6.56. The van der Waals surface area contributed by atoms with Crippen LogP contribution in [0.3, 0.4) is 0 Å². The van der Waals surface area contributed by atoms with Gasteiger partial charge in [-0.15, -0.1) is 0 Å². The van der Waals surface area contributed by atoms with Gasteiger partial charge in [-0.3, -0.25) is 14.4 Å². The predicted octanol–water partition coefficient (Wildman–Crippen LogP) is 1.51. The largest absolute Gasteiger partial charge is 0.462 e. The minimum atomic E-state index is -0.755. The van der Waals surface area contributed by atoms with E-state index in [1.165, 1.54) is 0 Å². The van der Waals surface area contributed by atoms with E-state index in [9.17, 15) is 14.4 Å². The molecule has 0 aromatic heterocycles. The molecule has 7 nitrogen and oxygen atoms in total. The fourth-order valence-electron chi connectivity index (χ4n) is 6.56. The van der Waals surface area contributed by atoms with Crippen LogP contribution in [-0.2, 0) is 33.3 Å². The molecule has 0 aromatic carbocycles. The van der Waals surface area contributed by atoms with E-state index in [0.29, 0.717) is 12.8 Å². The summed E-state index contributed by atoms with van der Waals surface area (Å²) in [7, 11) is 0. The summed E-state index contributed by atoms with van der Waals surface area (Å²) in [5.74, 6) is -0.981. The lowest BCUT2D eigenvalue weighted by Crippen LogP contribution is -2.53. The van der Waals surface area contributed by atoms with Crippen LogP contribution in [0.1, 0.15) is 52.9 Å². The van der Waals surface area contributed by atoms with Gasteiger partial charge in [0.05, 0.1) is 6.42 Å². The van der Waals surface area contributed by atoms with Crippen molar-refractivity contribution in [1.82, 2.24) is 0 Å². The number of esters is 3. The van der Waals surface area contributed by atoms with Crippen LogP contribution in [0.15, 0.2) is 0 Å². The molecule has 6 aliphatic rings. The van der Waals surface area contributed by atoms with E-state index < -0.39 is 35.8 Å². The SMILES string of the molecule is CCC(=O)OC1C2CC(=O)OC3CC4(C)CC3(C)CC43C(=O)OC1C3O2. The van der Waals surface area contributed by atoms with E-state index >= 15 is 0 Å². The number of hydrogen-bond donors (Lipinski definition) is 0. The lowest BCUT2D eigenvalue weighted by Gasteiger charge is -2.45. The highest BCUT2D eigenvalue weighted by Gasteiger charge is 2.81. The minimum absolute atomic E-state index is 0.00554. The van der Waals surface area contributed by atoms with Crippen LogP contribution in [-0.4, -0.2) is 48.4 Å². The summed E-state index contributed by atoms with van der Waals surface area (Å²) in [4.78, 5) is 37.5. The first-order valence-electron chi connectivity index (χ1n) is 9.48. The number of carbonyl (C=O) groups is 3. The van der Waals surface area contributed by atoms with Gasteiger partial charge < -0.3 is 18.9 Å². The standard InChI is InChI=1S/C19H24O7/c1-4-11(20)25-13-9-5-12(21)24-10-6-18(3)7-17(10,2)8-19(18)15(23-9)14(13)26-16(19)22/h9-10,13-15H,4-8H2,1-3H3. The minimum Gasteiger partial charge on any atom is -0.462 e. The van der Waals surface area contributed by atoms with Crippen LogP contribution in [0, 0.1) is 16.2 Å². The van der Waals surface area contributed by atoms with Crippen LogP contribution in [0.2, 0.25) is 0 Å². The molecule has 4 saturated heterocycles. The van der Waals surface area contributed by atoms with Crippen molar-refractivity contribution in [1.29, 1.82) is 0 Å². The Hall–Kier alpha value is -1.63. The first kappa shape index (κ1) is 16.5. The summed E-state index contributed by atoms with van der Waals surface area (Å²) in [5.41, 5.74) is -1.36. The topological polar surface area (TPSA) is 88.1 Å². The Morgan fingerprint density at radius 1 is 1.23 bits per heavy atom. The molecule has 0 N–H and O–H groups in total. The van der Waals surface area contributed by atoms with E-state index in [0.717, 1.165) is 6.42 Å². The Bertz CT molecular complexity index is 719. The van der Waals surface area contributed by atoms with Crippen molar-refractivity contribution >= 4 is 17.9 Å². The molecule has 0 aromatic rings. The molecule has 7 heteroatoms. The van der Waals surface area contributed by atoms with E-state index in [1.54, 1.807) is 6.92 Å². The van der Waals surface area contributed by atoms with Crippen molar-refractivity contribution in [2.45, 2.75) is 83.4 Å². The van der Waals surface area contributed by atoms with Crippen molar-refractivity contribution in [3.05, 3.63) is 0 Å². The summed E-state index contributed by atoms with van der Waals surface area (Å²) >= 11 is 0. The molecular weight excluding hydrogens is 340 g/mol. The van der Waals surface area contributed by atoms with Gasteiger partial charge in [0.15, 0.2) is 12.2 Å². The average Bonchev–Trinajstić information content (AvgIpc) is 3.17. The van der Waals surface area contributed by atoms with Crippen LogP contribution in [0.25, 0.3) is 0 Å². The Balaban J connectivity index is 1.61. The highest BCUT2D eigenvalue weighted by atomic mass is 16.7. The Kier molecular flexibility index (Phi) is 3.05. The molecule has 2 saturated carbocycles. The van der Waals surface area contributed by atoms with Crippen molar-refractivity contribution in [2.24, 2.45) is 16.2 Å². The molecule has 4 heterocycles. The van der Waals surface area contributed by atoms with Crippen LogP contribution >= 0.6 is 0 Å². The number of fused-ring (bicyclic) bond motifs is 2. The smallest absolute Gasteiger partial charge is 0.315 e. The molecule has 6 bridgehead atoms. The van der Waals surface area contributed by atoms with Gasteiger partial charge in [-0.05, 0) is 24.7 Å². The third-order valence-electron chi connectivity index (χ3n) is 7.57. The van der Waals surface area contributed by atoms with Gasteiger partial charge in [0.2, 0.25) is 0 Å². The number of hydrogen-bond acceptors (Lipinski definition) is 7. The highest BCUT2D eigenvalue weighted by molar-refractivity contribution is 5.84. The zero-order chi connectivity index (χ0) is 18.5. The van der Waals surface area contributed by atoms with E-state index in [1.807, 2.05) is 0 Å². The van der Waals surface area contributed by atoms with Gasteiger partial charge in [-0.25, -0.2) is 0 Å². The first-order valence-corrected chi connectivity index (χ1v) is 9.48. The summed E-state index contributed by atoms with van der Waals surface area (Å²) in [6.07, 6.45) is -0.472. The summed E-state index contributed by atoms with van der Waals surface area (Å²) < 4.78 is 23.4. The Morgan fingerprint density at radius 2 is 2.00 bits per heavy atom. The van der Waals surface area contributed by atoms with Crippen LogP contribution in [0.5, 0.6) is 0 Å². The molecule has 0 radical (unpaired) electrons. The summed E-state index contributed by atoms with van der Waals surface area (Å²) in [6.45, 7) is 5.88. The predicted molar refractivity (Wildman–Crippen MR) is 85.7 cm³/mol. The van der Waals surface area contributed by atoms with Crippen molar-refractivity contribution in [3.63, 3.8) is 0 Å². The van der Waals surface area contributed by atoms with Crippen molar-refractivity contribution < 1.29 is 33.3 Å². The third kappa shape index (κ3) is 1.75. The molecular formula is C19H24O7. The highest BCUT2D eigenvalue weighted by Crippen LogP contribution is 2.75. The van der Waals surface area contributed by atoms with Crippen LogP contribution in [0.4, 0.5) is 0 Å². The first-order chi connectivity index (χ1) is 12.2. The summed E-state index contributed by atoms with van der Waals surface area (Å²) in [5, 5.41) is 0. The molecule has 2 aliphatic carbocycles. The van der Waals surface area contributed by atoms with Gasteiger partial charge in [0.25, 0.3) is 0 Å². The van der Waals surface area contributed by atoms with Gasteiger partial charge >= 0.3 is 17.9 Å². The van der Waals surface area contributed by atoms with Crippen LogP contribution < -0.4 is 0 Å². The maximum Gasteiger partial charge on any atom is 0.315 e. The van der Waals surface area contributed by atoms with Gasteiger partial charge in [0.1, 0.15) is 23.7 Å². The van der Waals surface area contributed by atoms with Gasteiger partial charge in [-0.1, -0.05) is 20.8 Å². The van der Waals surface area contributed by atoms with Gasteiger partial charge in [0, 0.05) is 11.8 Å². The molecule has 6 fully saturated rings. The normalized spacial score (nSPS) is 53.6. The molecule has 26 heavy (non-hydrogen) atoms. The number of carbonyl (C=O) groups excluding carboxylic acids is 3. The Labute approximate surface area is 151 Å². The number of rotatable bonds is 2. The van der Waals surface area contributed by atoms with E-state index in [-0.39, 0.29) is 41.7 Å². The molecule has 1 spiro atoms. The quantitative estimate of drug-likeness (QED) is 0.542. The molecule has 142 valence electrons. The maximum atomic E-state index is 13.1. The van der Waals surface area contributed by atoms with E-state index in [4.69, 9.17) is 18.9 Å². The van der Waals surface area contributed by atoms with E-state index in [2.05, 4.69) is 13.8 Å². The molecule has 6 rings (SSSR count). The lowest BCUT2D eigenvalue weighted by atomic mass is 9.59. The second-order valence-electron chi connectivity index (χ2n) is 9.20. The molecule has 8 unspecified atom stereocenters. The Morgan fingerprint density at radius 3 is 2.65 bits per heavy atom. The zero-order valence-electron chi connectivity index (χ0n) is 15.3. The second kappa shape index (κ2) is 4.80. The van der Waals surface area contributed by atoms with Crippen molar-refractivity contribution in [3.8, 4) is 0 Å². The molecule has 0 amide bonds. The fraction of sp³-hybridized carbons (Fsp3) is 0.842. The molecule has 4 aliphatic heterocycles. The van der Waals surface area contributed by atoms with Gasteiger partial charge in [-0.2, -0.15) is 0 Å².